The largest absolute Gasteiger partial charge is 0.419 e. The van der Waals surface area contributed by atoms with Crippen molar-refractivity contribution in [1.82, 2.24) is 19.4 Å². The molecule has 0 fully saturated rings. The Morgan fingerprint density at radius 2 is 1.71 bits per heavy atom. The van der Waals surface area contributed by atoms with Crippen LogP contribution in [0, 0.1) is 0 Å². The number of hydrogen-bond acceptors (Lipinski definition) is 5. The van der Waals surface area contributed by atoms with Crippen molar-refractivity contribution < 1.29 is 14.2 Å². The molecule has 0 aliphatic carbocycles. The van der Waals surface area contributed by atoms with Crippen molar-refractivity contribution in [2.24, 2.45) is 7.05 Å². The second-order valence-corrected chi connectivity index (χ2v) is 12.0. The third-order valence-electron chi connectivity index (χ3n) is 8.25. The summed E-state index contributed by atoms with van der Waals surface area (Å²) in [5.41, 5.74) is 4.99. The number of anilines is 1. The zero-order valence-corrected chi connectivity index (χ0v) is 26.7. The highest BCUT2D eigenvalue weighted by Gasteiger charge is 2.33. The summed E-state index contributed by atoms with van der Waals surface area (Å²) in [4.78, 5) is 45.0. The molecule has 3 heterocycles. The Bertz CT molecular complexity index is 2100. The summed E-state index contributed by atoms with van der Waals surface area (Å²) in [5.74, 6) is -0.156. The summed E-state index contributed by atoms with van der Waals surface area (Å²) < 4.78 is 5.21. The Hall–Kier alpha value is -4.73. The predicted molar refractivity (Wildman–Crippen MR) is 177 cm³/mol. The molecule has 0 bridgehead atoms. The van der Waals surface area contributed by atoms with Gasteiger partial charge in [0.1, 0.15) is 5.69 Å². The van der Waals surface area contributed by atoms with Crippen LogP contribution in [0.4, 0.5) is 5.95 Å². The molecule has 3 aromatic carbocycles. The molecule has 0 spiro atoms. The van der Waals surface area contributed by atoms with E-state index < -0.39 is 0 Å². The van der Waals surface area contributed by atoms with Gasteiger partial charge in [0.25, 0.3) is 11.5 Å². The van der Waals surface area contributed by atoms with Crippen molar-refractivity contribution in [3.63, 3.8) is 0 Å². The Balaban J connectivity index is 1.43. The topological polar surface area (TPSA) is 101 Å². The normalized spacial score (nSPS) is 13.5. The van der Waals surface area contributed by atoms with E-state index in [4.69, 9.17) is 28.2 Å². The smallest absolute Gasteiger partial charge is 0.355 e. The highest BCUT2D eigenvalue weighted by Crippen LogP contribution is 2.27. The fourth-order valence-electron chi connectivity index (χ4n) is 5.64. The average Bonchev–Trinajstić information content (AvgIpc) is 3.41. The van der Waals surface area contributed by atoms with Crippen molar-refractivity contribution in [3.05, 3.63) is 121 Å². The Kier molecular flexibility index (Phi) is 8.07. The van der Waals surface area contributed by atoms with Gasteiger partial charge in [-0.15, -0.1) is 0 Å². The molecule has 2 N–H and O–H groups in total. The molecule has 2 amide bonds. The maximum Gasteiger partial charge on any atom is 0.419 e. The first-order valence-electron chi connectivity index (χ1n) is 14.4. The van der Waals surface area contributed by atoms with Crippen LogP contribution in [0.25, 0.3) is 16.6 Å². The zero-order valence-electron chi connectivity index (χ0n) is 25.2. The third-order valence-corrected chi connectivity index (χ3v) is 8.99. The maximum atomic E-state index is 14.2. The zero-order chi connectivity index (χ0) is 32.0. The Morgan fingerprint density at radius 1 is 0.978 bits per heavy atom. The average molecular weight is 643 g/mol. The Labute approximate surface area is 269 Å². The van der Waals surface area contributed by atoms with E-state index in [-0.39, 0.29) is 41.4 Å². The van der Waals surface area contributed by atoms with Crippen LogP contribution < -0.4 is 16.2 Å². The standard InChI is InChI=1S/C34H30Cl2N6O3/c1-19-15-26-29(18-41(19)32(44)24-9-12-27(35)28(36)16-24)39-34(38-20(2)23-6-5-21-13-14-40(4)30(21)17-23)42(33(26)45)25-10-7-22(8-11-25)31(43)37-3/h5-14,16-17,20H,15,18H2,1-4H3,(H-,37,38,39,43,45)/p+1/t20-/m0/s1. The number of aryl methyl sites for hydroxylation is 1. The number of carbonyl (C=O) groups excluding carboxylic acids is 2. The summed E-state index contributed by atoms with van der Waals surface area (Å²) in [6, 6.07) is 19.6. The molecule has 2 aromatic heterocycles. The molecule has 0 saturated heterocycles. The second-order valence-electron chi connectivity index (χ2n) is 11.2. The quantitative estimate of drug-likeness (QED) is 0.224. The molecule has 1 aliphatic heterocycles. The molecule has 5 aromatic rings. The van der Waals surface area contributed by atoms with Gasteiger partial charge < -0.3 is 15.2 Å². The third kappa shape index (κ3) is 5.65. The van der Waals surface area contributed by atoms with Crippen molar-refractivity contribution in [2.75, 3.05) is 12.4 Å². The van der Waals surface area contributed by atoms with Crippen LogP contribution in [0.1, 0.15) is 57.4 Å². The predicted octanol–water partition coefficient (Wildman–Crippen LogP) is 5.93. The van der Waals surface area contributed by atoms with Gasteiger partial charge in [-0.25, -0.2) is 14.3 Å². The minimum atomic E-state index is -0.258. The summed E-state index contributed by atoms with van der Waals surface area (Å²) in [6.45, 7) is 3.95. The lowest BCUT2D eigenvalue weighted by Crippen LogP contribution is -2.38. The molecular weight excluding hydrogens is 611 g/mol. The molecule has 0 radical (unpaired) electrons. The Morgan fingerprint density at radius 3 is 2.42 bits per heavy atom. The van der Waals surface area contributed by atoms with Crippen molar-refractivity contribution >= 4 is 57.6 Å². The summed E-state index contributed by atoms with van der Waals surface area (Å²) in [5, 5.41) is 7.86. The number of aromatic nitrogens is 3. The molecule has 11 heteroatoms. The van der Waals surface area contributed by atoms with E-state index in [9.17, 15) is 14.4 Å². The number of amides is 2. The van der Waals surface area contributed by atoms with Crippen molar-refractivity contribution in [1.29, 1.82) is 0 Å². The number of benzene rings is 3. The van der Waals surface area contributed by atoms with Crippen LogP contribution in [0.2, 0.25) is 10.0 Å². The van der Waals surface area contributed by atoms with Crippen molar-refractivity contribution in [3.8, 4) is 5.69 Å². The van der Waals surface area contributed by atoms with Gasteiger partial charge >= 0.3 is 5.91 Å². The molecule has 45 heavy (non-hydrogen) atoms. The number of nitrogens with zero attached hydrogens (tertiary/aromatic N) is 4. The monoisotopic (exact) mass is 641 g/mol. The van der Waals surface area contributed by atoms with Gasteiger partial charge in [-0.2, -0.15) is 4.58 Å². The van der Waals surface area contributed by atoms with E-state index in [0.717, 1.165) is 16.5 Å². The summed E-state index contributed by atoms with van der Waals surface area (Å²) in [6.07, 6.45) is 2.26. The van der Waals surface area contributed by atoms with Crippen LogP contribution >= 0.6 is 23.2 Å². The highest BCUT2D eigenvalue weighted by molar-refractivity contribution is 6.42. The van der Waals surface area contributed by atoms with Crippen molar-refractivity contribution in [2.45, 2.75) is 32.9 Å². The molecule has 1 atom stereocenters. The molecule has 0 unspecified atom stereocenters. The lowest BCUT2D eigenvalue weighted by molar-refractivity contribution is -0.450. The molecule has 228 valence electrons. The molecular formula is C34H31Cl2N6O3+. The molecule has 6 rings (SSSR count). The SMILES string of the molecule is CNC(=O)c1ccc(-n2c(N[C@@H](C)c3ccc4ccn(C)c4c3)nc3c(c2=O)CC(C)=[N+](C(=O)c2ccc(Cl)c(Cl)c2)C3)cc1. The lowest BCUT2D eigenvalue weighted by Gasteiger charge is -2.22. The van der Waals surface area contributed by atoms with Gasteiger partial charge in [-0.3, -0.25) is 9.59 Å². The van der Waals surface area contributed by atoms with Gasteiger partial charge in [0.05, 0.1) is 39.3 Å². The van der Waals surface area contributed by atoms with E-state index in [0.29, 0.717) is 44.8 Å². The minimum Gasteiger partial charge on any atom is -0.355 e. The first-order valence-corrected chi connectivity index (χ1v) is 15.2. The van der Waals surface area contributed by atoms with Crippen LogP contribution in [0.5, 0.6) is 0 Å². The van der Waals surface area contributed by atoms with Crippen LogP contribution in [0.15, 0.2) is 77.7 Å². The number of rotatable bonds is 6. The maximum absolute atomic E-state index is 14.2. The fourth-order valence-corrected chi connectivity index (χ4v) is 5.94. The van der Waals surface area contributed by atoms with Crippen LogP contribution in [-0.2, 0) is 20.0 Å². The van der Waals surface area contributed by atoms with Crippen LogP contribution in [-0.4, -0.2) is 43.3 Å². The first-order chi connectivity index (χ1) is 21.5. The van der Waals surface area contributed by atoms with E-state index >= 15 is 0 Å². The number of fused-ring (bicyclic) bond motifs is 2. The lowest BCUT2D eigenvalue weighted by atomic mass is 10.0. The molecule has 9 nitrogen and oxygen atoms in total. The summed E-state index contributed by atoms with van der Waals surface area (Å²) in [7, 11) is 3.57. The highest BCUT2D eigenvalue weighted by atomic mass is 35.5. The number of halogens is 2. The second kappa shape index (κ2) is 12.0. The van der Waals surface area contributed by atoms with Gasteiger partial charge in [-0.05, 0) is 72.5 Å². The van der Waals surface area contributed by atoms with Gasteiger partial charge in [0, 0.05) is 38.3 Å². The number of hydrogen-bond donors (Lipinski definition) is 2. The van der Waals surface area contributed by atoms with E-state index in [1.165, 1.54) is 4.57 Å². The first kappa shape index (κ1) is 30.3. The fraction of sp³-hybridized carbons (Fsp3) is 0.206. The minimum absolute atomic E-state index is 0.115. The molecule has 0 saturated carbocycles. The van der Waals surface area contributed by atoms with E-state index in [2.05, 4.69) is 39.5 Å². The van der Waals surface area contributed by atoms with E-state index in [1.807, 2.05) is 27.1 Å². The number of nitrogens with one attached hydrogen (secondary N) is 2. The van der Waals surface area contributed by atoms with Gasteiger partial charge in [0.2, 0.25) is 5.95 Å². The van der Waals surface area contributed by atoms with E-state index in [1.54, 1.807) is 54.1 Å². The number of carbonyl (C=O) groups is 2. The van der Waals surface area contributed by atoms with Gasteiger partial charge in [-0.1, -0.05) is 35.3 Å². The summed E-state index contributed by atoms with van der Waals surface area (Å²) >= 11 is 12.3. The van der Waals surface area contributed by atoms with Gasteiger partial charge in [0.15, 0.2) is 12.3 Å². The van der Waals surface area contributed by atoms with Crippen LogP contribution in [0.3, 0.4) is 0 Å². The molecule has 1 aliphatic rings.